The van der Waals surface area contributed by atoms with Crippen molar-refractivity contribution in [1.82, 2.24) is 0 Å². The fourth-order valence-corrected chi connectivity index (χ4v) is 8.04. The van der Waals surface area contributed by atoms with Gasteiger partial charge in [-0.2, -0.15) is 0 Å². The summed E-state index contributed by atoms with van der Waals surface area (Å²) < 4.78 is 16.7. The van der Waals surface area contributed by atoms with Gasteiger partial charge in [-0.3, -0.25) is 14.4 Å². The minimum absolute atomic E-state index is 0.0636. The van der Waals surface area contributed by atoms with Crippen molar-refractivity contribution in [3.8, 4) is 0 Å². The average Bonchev–Trinajstić information content (AvgIpc) is 3.22. The van der Waals surface area contributed by atoms with E-state index in [9.17, 15) is 14.4 Å². The minimum atomic E-state index is -0.759. The Kier molecular flexibility index (Phi) is 46.2. The molecule has 0 aliphatic carbocycles. The average molecular weight is 835 g/mol. The van der Waals surface area contributed by atoms with Gasteiger partial charge in [-0.1, -0.05) is 259 Å². The van der Waals surface area contributed by atoms with Crippen LogP contribution >= 0.6 is 0 Å². The summed E-state index contributed by atoms with van der Waals surface area (Å²) in [5, 5.41) is 0. The quantitative estimate of drug-likeness (QED) is 0.0345. The van der Waals surface area contributed by atoms with Crippen molar-refractivity contribution in [2.75, 3.05) is 13.2 Å². The SMILES string of the molecule is CCCCCCCCCCCCCCCCCCCC(=O)O[C@H](COC(=O)CCCCCCC)COC(=O)CCCCCCCCCCCCCCCCCCC(C)C. The van der Waals surface area contributed by atoms with Crippen LogP contribution in [0.4, 0.5) is 0 Å². The van der Waals surface area contributed by atoms with Gasteiger partial charge < -0.3 is 14.2 Å². The highest BCUT2D eigenvalue weighted by molar-refractivity contribution is 5.71. The molecule has 0 heterocycles. The Balaban J connectivity index is 4.08. The number of esters is 3. The zero-order valence-electron chi connectivity index (χ0n) is 40.2. The molecule has 0 radical (unpaired) electrons. The Bertz CT molecular complexity index is 887. The molecule has 0 aliphatic heterocycles. The van der Waals surface area contributed by atoms with Crippen molar-refractivity contribution in [1.29, 1.82) is 0 Å². The van der Waals surface area contributed by atoms with Crippen molar-refractivity contribution in [2.45, 2.75) is 303 Å². The number of rotatable bonds is 48. The number of carbonyl (C=O) groups is 3. The summed E-state index contributed by atoms with van der Waals surface area (Å²) in [4.78, 5) is 37.7. The summed E-state index contributed by atoms with van der Waals surface area (Å²) in [5.41, 5.74) is 0. The molecule has 6 nitrogen and oxygen atoms in total. The topological polar surface area (TPSA) is 78.9 Å². The van der Waals surface area contributed by atoms with Gasteiger partial charge in [0, 0.05) is 19.3 Å². The molecule has 0 spiro atoms. The standard InChI is InChI=1S/C53H102O6/c1-5-7-9-11-12-13-14-15-16-17-22-25-28-31-34-38-42-46-53(56)59-50(47-57-51(54)44-40-35-10-8-6-2)48-58-52(55)45-41-37-33-30-27-24-21-19-18-20-23-26-29-32-36-39-43-49(3)4/h49-50H,5-48H2,1-4H3/t50-/m1/s1. The molecule has 59 heavy (non-hydrogen) atoms. The van der Waals surface area contributed by atoms with Crippen LogP contribution in [0.15, 0.2) is 0 Å². The van der Waals surface area contributed by atoms with Gasteiger partial charge in [0.25, 0.3) is 0 Å². The Morgan fingerprint density at radius 1 is 0.322 bits per heavy atom. The highest BCUT2D eigenvalue weighted by Gasteiger charge is 2.19. The molecule has 0 bridgehead atoms. The molecule has 0 aromatic rings. The lowest BCUT2D eigenvalue weighted by atomic mass is 10.0. The molecule has 0 saturated heterocycles. The summed E-state index contributed by atoms with van der Waals surface area (Å²) in [6.07, 6.45) is 49.8. The summed E-state index contributed by atoms with van der Waals surface area (Å²) in [7, 11) is 0. The van der Waals surface area contributed by atoms with Crippen molar-refractivity contribution in [3.05, 3.63) is 0 Å². The van der Waals surface area contributed by atoms with E-state index in [2.05, 4.69) is 27.7 Å². The third-order valence-corrected chi connectivity index (χ3v) is 12.0. The highest BCUT2D eigenvalue weighted by atomic mass is 16.6. The monoisotopic (exact) mass is 835 g/mol. The lowest BCUT2D eigenvalue weighted by Crippen LogP contribution is -2.30. The fourth-order valence-electron chi connectivity index (χ4n) is 8.04. The van der Waals surface area contributed by atoms with Crippen molar-refractivity contribution in [3.63, 3.8) is 0 Å². The van der Waals surface area contributed by atoms with Crippen molar-refractivity contribution >= 4 is 17.9 Å². The fraction of sp³-hybridized carbons (Fsp3) is 0.943. The summed E-state index contributed by atoms with van der Waals surface area (Å²) >= 11 is 0. The van der Waals surface area contributed by atoms with E-state index in [4.69, 9.17) is 14.2 Å². The number of carbonyl (C=O) groups excluding carboxylic acids is 3. The molecule has 0 rings (SSSR count). The van der Waals surface area contributed by atoms with Gasteiger partial charge in [0.1, 0.15) is 13.2 Å². The van der Waals surface area contributed by atoms with Crippen LogP contribution < -0.4 is 0 Å². The lowest BCUT2D eigenvalue weighted by Gasteiger charge is -2.18. The van der Waals surface area contributed by atoms with Crippen molar-refractivity contribution < 1.29 is 28.6 Å². The molecular weight excluding hydrogens is 733 g/mol. The van der Waals surface area contributed by atoms with Crippen LogP contribution in [0, 0.1) is 5.92 Å². The van der Waals surface area contributed by atoms with E-state index in [1.807, 2.05) is 0 Å². The molecule has 350 valence electrons. The molecule has 0 amide bonds. The molecule has 6 heteroatoms. The van der Waals surface area contributed by atoms with Gasteiger partial charge in [-0.25, -0.2) is 0 Å². The first-order valence-corrected chi connectivity index (χ1v) is 26.4. The lowest BCUT2D eigenvalue weighted by molar-refractivity contribution is -0.167. The van der Waals surface area contributed by atoms with Crippen LogP contribution in [-0.2, 0) is 28.6 Å². The van der Waals surface area contributed by atoms with Gasteiger partial charge in [0.2, 0.25) is 0 Å². The molecule has 0 N–H and O–H groups in total. The number of hydrogen-bond acceptors (Lipinski definition) is 6. The number of hydrogen-bond donors (Lipinski definition) is 0. The summed E-state index contributed by atoms with van der Waals surface area (Å²) in [5.74, 6) is -0.00473. The second-order valence-electron chi connectivity index (χ2n) is 18.6. The first-order valence-electron chi connectivity index (χ1n) is 26.4. The van der Waals surface area contributed by atoms with E-state index >= 15 is 0 Å². The van der Waals surface area contributed by atoms with E-state index in [1.165, 1.54) is 186 Å². The first-order chi connectivity index (χ1) is 28.9. The molecule has 0 fully saturated rings. The number of unbranched alkanes of at least 4 members (excludes halogenated alkanes) is 35. The predicted octanol–water partition coefficient (Wildman–Crippen LogP) is 17.1. The highest BCUT2D eigenvalue weighted by Crippen LogP contribution is 2.17. The maximum absolute atomic E-state index is 12.7. The molecule has 1 atom stereocenters. The Morgan fingerprint density at radius 3 is 0.831 bits per heavy atom. The van der Waals surface area contributed by atoms with Gasteiger partial charge in [0.15, 0.2) is 6.10 Å². The Labute approximate surface area is 368 Å². The largest absolute Gasteiger partial charge is 0.462 e. The minimum Gasteiger partial charge on any atom is -0.462 e. The second kappa shape index (κ2) is 47.5. The molecule has 0 aliphatic rings. The van der Waals surface area contributed by atoms with Crippen LogP contribution in [-0.4, -0.2) is 37.2 Å². The first kappa shape index (κ1) is 57.4. The van der Waals surface area contributed by atoms with Crippen LogP contribution in [0.3, 0.4) is 0 Å². The van der Waals surface area contributed by atoms with E-state index in [1.54, 1.807) is 0 Å². The van der Waals surface area contributed by atoms with E-state index in [-0.39, 0.29) is 31.1 Å². The third kappa shape index (κ3) is 47.3. The zero-order chi connectivity index (χ0) is 43.1. The van der Waals surface area contributed by atoms with Crippen LogP contribution in [0.25, 0.3) is 0 Å². The van der Waals surface area contributed by atoms with Gasteiger partial charge >= 0.3 is 17.9 Å². The van der Waals surface area contributed by atoms with E-state index in [0.717, 1.165) is 70.1 Å². The van der Waals surface area contributed by atoms with Gasteiger partial charge in [-0.15, -0.1) is 0 Å². The van der Waals surface area contributed by atoms with Crippen LogP contribution in [0.1, 0.15) is 297 Å². The molecule has 0 aromatic heterocycles. The smallest absolute Gasteiger partial charge is 0.306 e. The van der Waals surface area contributed by atoms with Crippen LogP contribution in [0.2, 0.25) is 0 Å². The van der Waals surface area contributed by atoms with Gasteiger partial charge in [0.05, 0.1) is 0 Å². The van der Waals surface area contributed by atoms with Crippen molar-refractivity contribution in [2.24, 2.45) is 5.92 Å². The van der Waals surface area contributed by atoms with Gasteiger partial charge in [-0.05, 0) is 25.2 Å². The number of ether oxygens (including phenoxy) is 3. The van der Waals surface area contributed by atoms with E-state index < -0.39 is 6.10 Å². The molecule has 0 unspecified atom stereocenters. The Morgan fingerprint density at radius 2 is 0.559 bits per heavy atom. The summed E-state index contributed by atoms with van der Waals surface area (Å²) in [6, 6.07) is 0. The summed E-state index contributed by atoms with van der Waals surface area (Å²) in [6.45, 7) is 8.97. The second-order valence-corrected chi connectivity index (χ2v) is 18.6. The Hall–Kier alpha value is -1.59. The predicted molar refractivity (Wildman–Crippen MR) is 252 cm³/mol. The maximum atomic E-state index is 12.7. The maximum Gasteiger partial charge on any atom is 0.306 e. The molecular formula is C53H102O6. The molecule has 0 aromatic carbocycles. The molecule has 0 saturated carbocycles. The normalized spacial score (nSPS) is 11.9. The van der Waals surface area contributed by atoms with E-state index in [0.29, 0.717) is 19.3 Å². The third-order valence-electron chi connectivity index (χ3n) is 12.0. The van der Waals surface area contributed by atoms with Crippen LogP contribution in [0.5, 0.6) is 0 Å². The zero-order valence-corrected chi connectivity index (χ0v) is 40.2.